The molecule has 0 aliphatic carbocycles. The van der Waals surface area contributed by atoms with Gasteiger partial charge in [-0.1, -0.05) is 70.5 Å². The van der Waals surface area contributed by atoms with Gasteiger partial charge in [0.25, 0.3) is 5.91 Å². The maximum Gasteiger partial charge on any atom is 0.252 e. The number of hydrogen-bond donors (Lipinski definition) is 3. The molecule has 3 amide bonds. The summed E-state index contributed by atoms with van der Waals surface area (Å²) in [4.78, 5) is 37.8. The Kier molecular flexibility index (Phi) is 8.60. The van der Waals surface area contributed by atoms with E-state index in [1.807, 2.05) is 57.2 Å². The minimum Gasteiger partial charge on any atom is -0.368 e. The average molecular weight is 426 g/mol. The molecule has 0 bridgehead atoms. The van der Waals surface area contributed by atoms with E-state index >= 15 is 0 Å². The van der Waals surface area contributed by atoms with Gasteiger partial charge in [-0.05, 0) is 41.5 Å². The van der Waals surface area contributed by atoms with Gasteiger partial charge in [0.1, 0.15) is 6.04 Å². The Hall–Kier alpha value is -2.89. The highest BCUT2D eigenvalue weighted by Crippen LogP contribution is 2.27. The van der Waals surface area contributed by atoms with E-state index < -0.39 is 11.9 Å². The Labute approximate surface area is 185 Å². The highest BCUT2D eigenvalue weighted by Gasteiger charge is 2.27. The van der Waals surface area contributed by atoms with Crippen LogP contribution in [0, 0.1) is 11.8 Å². The molecule has 0 unspecified atom stereocenters. The van der Waals surface area contributed by atoms with Crippen molar-refractivity contribution in [2.75, 3.05) is 0 Å². The van der Waals surface area contributed by atoms with E-state index in [-0.39, 0.29) is 23.8 Å². The topological polar surface area (TPSA) is 101 Å². The summed E-state index contributed by atoms with van der Waals surface area (Å²) in [6.07, 6.45) is 1.95. The molecule has 4 N–H and O–H groups in total. The van der Waals surface area contributed by atoms with E-state index in [0.29, 0.717) is 29.9 Å². The summed E-state index contributed by atoms with van der Waals surface area (Å²) >= 11 is 0. The molecule has 2 aromatic carbocycles. The lowest BCUT2D eigenvalue weighted by molar-refractivity contribution is -0.122. The van der Waals surface area contributed by atoms with Gasteiger partial charge in [0.15, 0.2) is 0 Å². The summed E-state index contributed by atoms with van der Waals surface area (Å²) in [5.41, 5.74) is 6.73. The molecule has 0 aromatic heterocycles. The maximum atomic E-state index is 13.4. The van der Waals surface area contributed by atoms with E-state index in [1.54, 1.807) is 0 Å². The third-order valence-corrected chi connectivity index (χ3v) is 5.79. The summed E-state index contributed by atoms with van der Waals surface area (Å²) in [7, 11) is 0. The standard InChI is InChI=1S/C25H35N3O3/c1-6-16(4)23(24(26)30)28-25(31)22-19(13-12-18-9-7-8-10-20(18)22)17(5)27-21(29)14-11-15(2)3/h7-10,12-13,15-17,23H,6,11,14H2,1-5H3,(H2,26,30)(H,27,29)(H,28,31)/t16-,17-,23-/m0/s1. The molecule has 0 fully saturated rings. The molecule has 0 saturated heterocycles. The molecule has 2 aromatic rings. The molecule has 3 atom stereocenters. The molecule has 0 spiro atoms. The molecule has 6 heteroatoms. The molecule has 168 valence electrons. The van der Waals surface area contributed by atoms with Gasteiger partial charge in [-0.15, -0.1) is 0 Å². The number of carbonyl (C=O) groups is 3. The van der Waals surface area contributed by atoms with Gasteiger partial charge < -0.3 is 16.4 Å². The van der Waals surface area contributed by atoms with Gasteiger partial charge in [0.2, 0.25) is 11.8 Å². The monoisotopic (exact) mass is 425 g/mol. The minimum atomic E-state index is -0.764. The van der Waals surface area contributed by atoms with Crippen molar-refractivity contribution in [1.29, 1.82) is 0 Å². The van der Waals surface area contributed by atoms with Crippen molar-refractivity contribution < 1.29 is 14.4 Å². The fourth-order valence-electron chi connectivity index (χ4n) is 3.66. The molecule has 0 aliphatic heterocycles. The molecule has 6 nitrogen and oxygen atoms in total. The van der Waals surface area contributed by atoms with Crippen LogP contribution in [-0.2, 0) is 9.59 Å². The second kappa shape index (κ2) is 10.9. The summed E-state index contributed by atoms with van der Waals surface area (Å²) in [6, 6.07) is 10.3. The van der Waals surface area contributed by atoms with Crippen LogP contribution in [0.5, 0.6) is 0 Å². The Morgan fingerprint density at radius 2 is 1.65 bits per heavy atom. The fraction of sp³-hybridized carbons (Fsp3) is 0.480. The van der Waals surface area contributed by atoms with E-state index in [9.17, 15) is 14.4 Å². The van der Waals surface area contributed by atoms with Gasteiger partial charge in [-0.2, -0.15) is 0 Å². The van der Waals surface area contributed by atoms with Crippen LogP contribution < -0.4 is 16.4 Å². The highest BCUT2D eigenvalue weighted by molar-refractivity contribution is 6.09. The third kappa shape index (κ3) is 6.29. The quantitative estimate of drug-likeness (QED) is 0.534. The number of rotatable bonds is 10. The van der Waals surface area contributed by atoms with Gasteiger partial charge in [-0.25, -0.2) is 0 Å². The zero-order valence-electron chi connectivity index (χ0n) is 19.2. The van der Waals surface area contributed by atoms with Crippen molar-refractivity contribution in [2.45, 2.75) is 66.0 Å². The molecule has 2 rings (SSSR count). The van der Waals surface area contributed by atoms with Crippen LogP contribution in [0.4, 0.5) is 0 Å². The van der Waals surface area contributed by atoms with Gasteiger partial charge in [0.05, 0.1) is 11.6 Å². The van der Waals surface area contributed by atoms with Crippen molar-refractivity contribution in [3.63, 3.8) is 0 Å². The van der Waals surface area contributed by atoms with E-state index in [1.165, 1.54) is 0 Å². The van der Waals surface area contributed by atoms with Crippen molar-refractivity contribution in [3.05, 3.63) is 47.5 Å². The number of carbonyl (C=O) groups excluding carboxylic acids is 3. The zero-order chi connectivity index (χ0) is 23.1. The first-order valence-corrected chi connectivity index (χ1v) is 11.1. The molecular weight excluding hydrogens is 390 g/mol. The highest BCUT2D eigenvalue weighted by atomic mass is 16.2. The Morgan fingerprint density at radius 3 is 2.26 bits per heavy atom. The minimum absolute atomic E-state index is 0.0460. The second-order valence-electron chi connectivity index (χ2n) is 8.71. The first kappa shape index (κ1) is 24.4. The van der Waals surface area contributed by atoms with Gasteiger partial charge in [-0.3, -0.25) is 14.4 Å². The van der Waals surface area contributed by atoms with Crippen molar-refractivity contribution >= 4 is 28.5 Å². The number of nitrogens with two attached hydrogens (primary N) is 1. The number of fused-ring (bicyclic) bond motifs is 1. The van der Waals surface area contributed by atoms with Crippen LogP contribution >= 0.6 is 0 Å². The molecule has 0 radical (unpaired) electrons. The van der Waals surface area contributed by atoms with E-state index in [4.69, 9.17) is 5.73 Å². The van der Waals surface area contributed by atoms with Crippen LogP contribution in [0.1, 0.15) is 75.8 Å². The fourth-order valence-corrected chi connectivity index (χ4v) is 3.66. The molecular formula is C25H35N3O3. The van der Waals surface area contributed by atoms with Crippen molar-refractivity contribution in [2.24, 2.45) is 17.6 Å². The number of nitrogens with one attached hydrogen (secondary N) is 2. The first-order chi connectivity index (χ1) is 14.6. The first-order valence-electron chi connectivity index (χ1n) is 11.1. The summed E-state index contributed by atoms with van der Waals surface area (Å²) in [5.74, 6) is -0.614. The van der Waals surface area contributed by atoms with E-state index in [2.05, 4.69) is 24.5 Å². The van der Waals surface area contributed by atoms with Crippen LogP contribution in [0.15, 0.2) is 36.4 Å². The van der Waals surface area contributed by atoms with Crippen LogP contribution in [0.3, 0.4) is 0 Å². The number of amides is 3. The van der Waals surface area contributed by atoms with Crippen LogP contribution in [0.25, 0.3) is 10.8 Å². The number of hydrogen-bond acceptors (Lipinski definition) is 3. The van der Waals surface area contributed by atoms with Crippen LogP contribution in [0.2, 0.25) is 0 Å². The lowest BCUT2D eigenvalue weighted by atomic mass is 9.92. The molecule has 0 saturated carbocycles. The normalized spacial score (nSPS) is 14.1. The summed E-state index contributed by atoms with van der Waals surface area (Å²) in [5, 5.41) is 7.53. The van der Waals surface area contributed by atoms with Crippen LogP contribution in [-0.4, -0.2) is 23.8 Å². The summed E-state index contributed by atoms with van der Waals surface area (Å²) in [6.45, 7) is 9.86. The maximum absolute atomic E-state index is 13.4. The predicted octanol–water partition coefficient (Wildman–Crippen LogP) is 4.08. The number of benzene rings is 2. The Morgan fingerprint density at radius 1 is 0.968 bits per heavy atom. The lowest BCUT2D eigenvalue weighted by Gasteiger charge is -2.24. The van der Waals surface area contributed by atoms with Crippen molar-refractivity contribution in [1.82, 2.24) is 10.6 Å². The SMILES string of the molecule is CC[C@H](C)[C@H](NC(=O)c1c([C@H](C)NC(=O)CCC(C)C)ccc2ccccc12)C(N)=O. The average Bonchev–Trinajstić information content (AvgIpc) is 2.74. The Bertz CT molecular complexity index is 939. The second-order valence-corrected chi connectivity index (χ2v) is 8.71. The molecule has 0 heterocycles. The lowest BCUT2D eigenvalue weighted by Crippen LogP contribution is -2.48. The zero-order valence-corrected chi connectivity index (χ0v) is 19.2. The van der Waals surface area contributed by atoms with Gasteiger partial charge in [0, 0.05) is 6.42 Å². The largest absolute Gasteiger partial charge is 0.368 e. The molecule has 31 heavy (non-hydrogen) atoms. The summed E-state index contributed by atoms with van der Waals surface area (Å²) < 4.78 is 0. The molecule has 0 aliphatic rings. The van der Waals surface area contributed by atoms with Gasteiger partial charge >= 0.3 is 0 Å². The predicted molar refractivity (Wildman–Crippen MR) is 124 cm³/mol. The van der Waals surface area contributed by atoms with Crippen molar-refractivity contribution in [3.8, 4) is 0 Å². The Balaban J connectivity index is 2.42. The smallest absolute Gasteiger partial charge is 0.252 e. The van der Waals surface area contributed by atoms with E-state index in [0.717, 1.165) is 17.2 Å². The third-order valence-electron chi connectivity index (χ3n) is 5.79. The number of primary amides is 1.